The van der Waals surface area contributed by atoms with Gasteiger partial charge in [0.15, 0.2) is 0 Å². The average Bonchev–Trinajstić information content (AvgIpc) is 3.29. The Morgan fingerprint density at radius 2 is 1.69 bits per heavy atom. The van der Waals surface area contributed by atoms with Gasteiger partial charge in [-0.25, -0.2) is 0 Å². The molecule has 1 aliphatic heterocycles. The van der Waals surface area contributed by atoms with Crippen LogP contribution in [-0.2, 0) is 16.6 Å². The van der Waals surface area contributed by atoms with Crippen LogP contribution < -0.4 is 10.6 Å². The Bertz CT molecular complexity index is 1240. The summed E-state index contributed by atoms with van der Waals surface area (Å²) in [5, 5.41) is 7.40. The summed E-state index contributed by atoms with van der Waals surface area (Å²) < 4.78 is 0. The van der Waals surface area contributed by atoms with E-state index in [1.54, 1.807) is 6.20 Å². The second-order valence-corrected chi connectivity index (χ2v) is 7.34. The van der Waals surface area contributed by atoms with Crippen molar-refractivity contribution in [2.24, 2.45) is 0 Å². The minimum Gasteiger partial charge on any atom is -0.362 e. The summed E-state index contributed by atoms with van der Waals surface area (Å²) in [5.41, 5.74) is 5.08. The first-order valence-electron chi connectivity index (χ1n) is 9.67. The van der Waals surface area contributed by atoms with Gasteiger partial charge >= 0.3 is 0 Å². The van der Waals surface area contributed by atoms with Crippen molar-refractivity contribution >= 4 is 28.2 Å². The van der Waals surface area contributed by atoms with Gasteiger partial charge < -0.3 is 15.6 Å². The summed E-state index contributed by atoms with van der Waals surface area (Å²) >= 11 is 0. The van der Waals surface area contributed by atoms with Gasteiger partial charge in [0.1, 0.15) is 5.41 Å². The van der Waals surface area contributed by atoms with E-state index in [2.05, 4.69) is 40.4 Å². The first-order chi connectivity index (χ1) is 14.2. The predicted octanol–water partition coefficient (Wildman–Crippen LogP) is 5.20. The lowest BCUT2D eigenvalue weighted by Gasteiger charge is -2.29. The maximum Gasteiger partial charge on any atom is 0.240 e. The SMILES string of the molecule is C=CNc1ccccc1CC1(c2c[nH]c3ccccc23)C(=O)Nc2ccccc21. The van der Waals surface area contributed by atoms with Gasteiger partial charge in [-0.1, -0.05) is 61.2 Å². The molecule has 0 fully saturated rings. The molecular formula is C25H21N3O. The fraction of sp³-hybridized carbons (Fsp3) is 0.0800. The summed E-state index contributed by atoms with van der Waals surface area (Å²) in [6.07, 6.45) is 4.18. The van der Waals surface area contributed by atoms with Crippen molar-refractivity contribution < 1.29 is 4.79 Å². The van der Waals surface area contributed by atoms with Crippen LogP contribution in [0.25, 0.3) is 10.9 Å². The molecule has 0 aliphatic carbocycles. The molecule has 2 heterocycles. The van der Waals surface area contributed by atoms with Crippen molar-refractivity contribution in [2.75, 3.05) is 10.6 Å². The molecule has 29 heavy (non-hydrogen) atoms. The van der Waals surface area contributed by atoms with Gasteiger partial charge in [-0.15, -0.1) is 0 Å². The first kappa shape index (κ1) is 17.3. The summed E-state index contributed by atoms with van der Waals surface area (Å²) in [7, 11) is 0. The summed E-state index contributed by atoms with van der Waals surface area (Å²) in [6, 6.07) is 24.2. The van der Waals surface area contributed by atoms with E-state index in [4.69, 9.17) is 0 Å². The van der Waals surface area contributed by atoms with Crippen molar-refractivity contribution in [1.82, 2.24) is 4.98 Å². The first-order valence-corrected chi connectivity index (χ1v) is 9.67. The van der Waals surface area contributed by atoms with Crippen molar-refractivity contribution in [2.45, 2.75) is 11.8 Å². The van der Waals surface area contributed by atoms with Gasteiger partial charge in [0.25, 0.3) is 0 Å². The minimum absolute atomic E-state index is 0.00291. The van der Waals surface area contributed by atoms with Crippen LogP contribution in [0.3, 0.4) is 0 Å². The Morgan fingerprint density at radius 3 is 2.59 bits per heavy atom. The number of benzene rings is 3. The lowest BCUT2D eigenvalue weighted by Crippen LogP contribution is -2.38. The summed E-state index contributed by atoms with van der Waals surface area (Å²) in [6.45, 7) is 3.79. The predicted molar refractivity (Wildman–Crippen MR) is 118 cm³/mol. The molecule has 0 radical (unpaired) electrons. The van der Waals surface area contributed by atoms with E-state index in [0.29, 0.717) is 6.42 Å². The molecule has 0 saturated carbocycles. The molecule has 1 aliphatic rings. The number of aromatic nitrogens is 1. The molecule has 3 N–H and O–H groups in total. The number of H-pyrrole nitrogens is 1. The van der Waals surface area contributed by atoms with Crippen LogP contribution in [0.5, 0.6) is 0 Å². The highest BCUT2D eigenvalue weighted by Crippen LogP contribution is 2.47. The van der Waals surface area contributed by atoms with Gasteiger partial charge in [0.05, 0.1) is 0 Å². The van der Waals surface area contributed by atoms with Crippen LogP contribution in [0.2, 0.25) is 0 Å². The molecule has 0 bridgehead atoms. The molecule has 1 aromatic heterocycles. The van der Waals surface area contributed by atoms with Crippen LogP contribution >= 0.6 is 0 Å². The molecule has 0 spiro atoms. The van der Waals surface area contributed by atoms with Crippen LogP contribution in [0, 0.1) is 0 Å². The average molecular weight is 379 g/mol. The third-order valence-corrected chi connectivity index (χ3v) is 5.80. The van der Waals surface area contributed by atoms with Gasteiger partial charge in [-0.2, -0.15) is 0 Å². The third kappa shape index (κ3) is 2.57. The maximum atomic E-state index is 13.6. The molecule has 3 aromatic carbocycles. The summed E-state index contributed by atoms with van der Waals surface area (Å²) in [4.78, 5) is 17.0. The van der Waals surface area contributed by atoms with Crippen LogP contribution in [-0.4, -0.2) is 10.9 Å². The molecule has 5 rings (SSSR count). The highest BCUT2D eigenvalue weighted by atomic mass is 16.2. The van der Waals surface area contributed by atoms with Gasteiger partial charge in [0, 0.05) is 28.5 Å². The van der Waals surface area contributed by atoms with Crippen LogP contribution in [0.15, 0.2) is 91.8 Å². The molecule has 0 saturated heterocycles. The Kier molecular flexibility index (Phi) is 3.98. The number of para-hydroxylation sites is 3. The standard InChI is InChI=1S/C25H21N3O/c1-2-26-21-12-6-3-9-17(21)15-25(19-11-5-8-14-23(19)28-24(25)29)20-16-27-22-13-7-4-10-18(20)22/h2-14,16,26-27H,1,15H2,(H,28,29). The smallest absolute Gasteiger partial charge is 0.240 e. The normalized spacial score (nSPS) is 17.7. The number of amides is 1. The zero-order valence-corrected chi connectivity index (χ0v) is 15.9. The topological polar surface area (TPSA) is 56.9 Å². The number of fused-ring (bicyclic) bond motifs is 2. The molecule has 1 amide bonds. The molecule has 4 heteroatoms. The lowest BCUT2D eigenvalue weighted by atomic mass is 9.71. The fourth-order valence-corrected chi connectivity index (χ4v) is 4.49. The number of hydrogen-bond donors (Lipinski definition) is 3. The molecule has 142 valence electrons. The van der Waals surface area contributed by atoms with E-state index < -0.39 is 5.41 Å². The van der Waals surface area contributed by atoms with E-state index in [9.17, 15) is 4.79 Å². The van der Waals surface area contributed by atoms with Crippen LogP contribution in [0.4, 0.5) is 11.4 Å². The highest BCUT2D eigenvalue weighted by Gasteiger charge is 2.49. The Hall–Kier alpha value is -3.79. The van der Waals surface area contributed by atoms with E-state index in [-0.39, 0.29) is 5.91 Å². The number of aromatic amines is 1. The summed E-state index contributed by atoms with van der Waals surface area (Å²) in [5.74, 6) is -0.00291. The molecule has 4 nitrogen and oxygen atoms in total. The van der Waals surface area contributed by atoms with Crippen LogP contribution in [0.1, 0.15) is 16.7 Å². The third-order valence-electron chi connectivity index (χ3n) is 5.80. The quantitative estimate of drug-likeness (QED) is 0.446. The molecule has 1 atom stereocenters. The van der Waals surface area contributed by atoms with Crippen molar-refractivity contribution in [3.8, 4) is 0 Å². The van der Waals surface area contributed by atoms with E-state index in [1.807, 2.05) is 60.8 Å². The van der Waals surface area contributed by atoms with Crippen molar-refractivity contribution in [3.63, 3.8) is 0 Å². The molecular weight excluding hydrogens is 358 g/mol. The van der Waals surface area contributed by atoms with E-state index >= 15 is 0 Å². The zero-order chi connectivity index (χ0) is 19.8. The van der Waals surface area contributed by atoms with E-state index in [0.717, 1.165) is 39.0 Å². The van der Waals surface area contributed by atoms with Crippen molar-refractivity contribution in [3.05, 3.63) is 108 Å². The number of anilines is 2. The van der Waals surface area contributed by atoms with E-state index in [1.165, 1.54) is 0 Å². The highest BCUT2D eigenvalue weighted by molar-refractivity contribution is 6.11. The molecule has 4 aromatic rings. The van der Waals surface area contributed by atoms with Gasteiger partial charge in [-0.05, 0) is 47.5 Å². The second-order valence-electron chi connectivity index (χ2n) is 7.34. The monoisotopic (exact) mass is 379 g/mol. The second kappa shape index (κ2) is 6.67. The number of hydrogen-bond acceptors (Lipinski definition) is 2. The Labute approximate surface area is 169 Å². The number of rotatable bonds is 5. The lowest BCUT2D eigenvalue weighted by molar-refractivity contribution is -0.119. The largest absolute Gasteiger partial charge is 0.362 e. The molecule has 1 unspecified atom stereocenters. The van der Waals surface area contributed by atoms with Gasteiger partial charge in [0.2, 0.25) is 5.91 Å². The van der Waals surface area contributed by atoms with Gasteiger partial charge in [-0.3, -0.25) is 4.79 Å². The Balaban J connectivity index is 1.78. The zero-order valence-electron chi connectivity index (χ0n) is 15.9. The number of carbonyl (C=O) groups excluding carboxylic acids is 1. The van der Waals surface area contributed by atoms with Crippen molar-refractivity contribution in [1.29, 1.82) is 0 Å². The Morgan fingerprint density at radius 1 is 0.931 bits per heavy atom. The number of carbonyl (C=O) groups is 1. The number of nitrogens with one attached hydrogen (secondary N) is 3. The minimum atomic E-state index is -0.824. The maximum absolute atomic E-state index is 13.6. The fourth-order valence-electron chi connectivity index (χ4n) is 4.49.